The van der Waals surface area contributed by atoms with E-state index in [-0.39, 0.29) is 5.91 Å². The SMILES string of the molecule is O=C(Cn1ccc2ccccc21)Nc1cn[nH]c1. The quantitative estimate of drug-likeness (QED) is 0.735. The normalized spacial score (nSPS) is 10.7. The first-order valence-electron chi connectivity index (χ1n) is 5.65. The molecule has 1 aromatic carbocycles. The molecule has 5 heteroatoms. The average Bonchev–Trinajstić information content (AvgIpc) is 3.00. The summed E-state index contributed by atoms with van der Waals surface area (Å²) < 4.78 is 1.92. The molecule has 0 saturated heterocycles. The fourth-order valence-electron chi connectivity index (χ4n) is 1.95. The average molecular weight is 240 g/mol. The van der Waals surface area contributed by atoms with Crippen molar-refractivity contribution in [2.24, 2.45) is 0 Å². The van der Waals surface area contributed by atoms with Crippen molar-refractivity contribution in [2.75, 3.05) is 5.32 Å². The van der Waals surface area contributed by atoms with Crippen molar-refractivity contribution in [2.45, 2.75) is 6.54 Å². The number of carbonyl (C=O) groups is 1. The Bertz CT molecular complexity index is 669. The van der Waals surface area contributed by atoms with Crippen LogP contribution >= 0.6 is 0 Å². The monoisotopic (exact) mass is 240 g/mol. The first kappa shape index (κ1) is 10.6. The van der Waals surface area contributed by atoms with Crippen molar-refractivity contribution in [1.82, 2.24) is 14.8 Å². The summed E-state index contributed by atoms with van der Waals surface area (Å²) in [6.45, 7) is 0.290. The van der Waals surface area contributed by atoms with E-state index in [0.29, 0.717) is 12.2 Å². The van der Waals surface area contributed by atoms with Gasteiger partial charge in [-0.2, -0.15) is 5.10 Å². The van der Waals surface area contributed by atoms with E-state index < -0.39 is 0 Å². The van der Waals surface area contributed by atoms with Gasteiger partial charge in [-0.1, -0.05) is 18.2 Å². The van der Waals surface area contributed by atoms with Crippen LogP contribution in [-0.4, -0.2) is 20.7 Å². The zero-order valence-corrected chi connectivity index (χ0v) is 9.63. The number of hydrogen-bond donors (Lipinski definition) is 2. The maximum absolute atomic E-state index is 11.8. The van der Waals surface area contributed by atoms with Crippen LogP contribution in [0.4, 0.5) is 5.69 Å². The molecule has 0 spiro atoms. The lowest BCUT2D eigenvalue weighted by atomic mass is 10.2. The highest BCUT2D eigenvalue weighted by molar-refractivity contribution is 5.91. The number of hydrogen-bond acceptors (Lipinski definition) is 2. The third-order valence-corrected chi connectivity index (χ3v) is 2.78. The molecule has 0 saturated carbocycles. The van der Waals surface area contributed by atoms with E-state index in [9.17, 15) is 4.79 Å². The first-order valence-corrected chi connectivity index (χ1v) is 5.65. The summed E-state index contributed by atoms with van der Waals surface area (Å²) in [5.74, 6) is -0.0715. The lowest BCUT2D eigenvalue weighted by Gasteiger charge is -2.05. The van der Waals surface area contributed by atoms with Gasteiger partial charge in [0.25, 0.3) is 0 Å². The van der Waals surface area contributed by atoms with Gasteiger partial charge in [0.1, 0.15) is 6.54 Å². The molecule has 3 aromatic rings. The van der Waals surface area contributed by atoms with Gasteiger partial charge in [-0.25, -0.2) is 0 Å². The fraction of sp³-hybridized carbons (Fsp3) is 0.0769. The third kappa shape index (κ3) is 1.98. The molecule has 18 heavy (non-hydrogen) atoms. The zero-order valence-electron chi connectivity index (χ0n) is 9.63. The van der Waals surface area contributed by atoms with Crippen LogP contribution in [0.2, 0.25) is 0 Å². The Morgan fingerprint density at radius 1 is 1.33 bits per heavy atom. The molecule has 0 fully saturated rings. The first-order chi connectivity index (χ1) is 8.83. The Balaban J connectivity index is 1.78. The molecule has 5 nitrogen and oxygen atoms in total. The smallest absolute Gasteiger partial charge is 0.244 e. The molecule has 2 N–H and O–H groups in total. The molecule has 90 valence electrons. The molecule has 0 aliphatic rings. The highest BCUT2D eigenvalue weighted by Gasteiger charge is 2.06. The molecule has 2 aromatic heterocycles. The van der Waals surface area contributed by atoms with Crippen LogP contribution in [0.3, 0.4) is 0 Å². The largest absolute Gasteiger partial charge is 0.338 e. The van der Waals surface area contributed by atoms with E-state index in [0.717, 1.165) is 10.9 Å². The third-order valence-electron chi connectivity index (χ3n) is 2.78. The van der Waals surface area contributed by atoms with E-state index in [1.54, 1.807) is 12.4 Å². The van der Waals surface area contributed by atoms with Crippen molar-refractivity contribution >= 4 is 22.5 Å². The van der Waals surface area contributed by atoms with Gasteiger partial charge in [0, 0.05) is 17.9 Å². The number of carbonyl (C=O) groups excluding carboxylic acids is 1. The van der Waals surface area contributed by atoms with Gasteiger partial charge in [-0.05, 0) is 17.5 Å². The number of anilines is 1. The second-order valence-electron chi connectivity index (χ2n) is 4.04. The molecule has 0 radical (unpaired) electrons. The Morgan fingerprint density at radius 2 is 2.22 bits per heavy atom. The van der Waals surface area contributed by atoms with Crippen LogP contribution < -0.4 is 5.32 Å². The van der Waals surface area contributed by atoms with Gasteiger partial charge < -0.3 is 9.88 Å². The van der Waals surface area contributed by atoms with E-state index in [2.05, 4.69) is 15.5 Å². The molecule has 1 amide bonds. The second kappa shape index (κ2) is 4.37. The van der Waals surface area contributed by atoms with E-state index in [1.807, 2.05) is 41.1 Å². The summed E-state index contributed by atoms with van der Waals surface area (Å²) in [5, 5.41) is 10.3. The van der Waals surface area contributed by atoms with Crippen LogP contribution in [0, 0.1) is 0 Å². The van der Waals surface area contributed by atoms with Gasteiger partial charge in [-0.15, -0.1) is 0 Å². The van der Waals surface area contributed by atoms with Gasteiger partial charge in [0.15, 0.2) is 0 Å². The van der Waals surface area contributed by atoms with Gasteiger partial charge in [-0.3, -0.25) is 9.89 Å². The predicted octanol–water partition coefficient (Wildman–Crippen LogP) is 2.00. The predicted molar refractivity (Wildman–Crippen MR) is 69.2 cm³/mol. The van der Waals surface area contributed by atoms with Crippen molar-refractivity contribution in [3.63, 3.8) is 0 Å². The summed E-state index contributed by atoms with van der Waals surface area (Å²) in [6, 6.07) is 9.98. The van der Waals surface area contributed by atoms with Crippen molar-refractivity contribution < 1.29 is 4.79 Å². The lowest BCUT2D eigenvalue weighted by molar-refractivity contribution is -0.116. The molecule has 0 aliphatic heterocycles. The molecular weight excluding hydrogens is 228 g/mol. The minimum absolute atomic E-state index is 0.0715. The van der Waals surface area contributed by atoms with Crippen LogP contribution in [0.15, 0.2) is 48.9 Å². The Morgan fingerprint density at radius 3 is 3.06 bits per heavy atom. The minimum atomic E-state index is -0.0715. The van der Waals surface area contributed by atoms with Gasteiger partial charge in [0.05, 0.1) is 11.9 Å². The summed E-state index contributed by atoms with van der Waals surface area (Å²) in [5.41, 5.74) is 1.73. The molecule has 3 rings (SSSR count). The van der Waals surface area contributed by atoms with Crippen LogP contribution in [0.1, 0.15) is 0 Å². The summed E-state index contributed by atoms with van der Waals surface area (Å²) in [4.78, 5) is 11.8. The number of rotatable bonds is 3. The number of amides is 1. The van der Waals surface area contributed by atoms with E-state index >= 15 is 0 Å². The fourth-order valence-corrected chi connectivity index (χ4v) is 1.95. The number of fused-ring (bicyclic) bond motifs is 1. The highest BCUT2D eigenvalue weighted by Crippen LogP contribution is 2.15. The Labute approximate surface area is 103 Å². The molecule has 0 atom stereocenters. The number of aromatic amines is 1. The number of para-hydroxylation sites is 1. The standard InChI is InChI=1S/C13H12N4O/c18-13(16-11-7-14-15-8-11)9-17-6-5-10-3-1-2-4-12(10)17/h1-8H,9H2,(H,14,15)(H,16,18). The van der Waals surface area contributed by atoms with Gasteiger partial charge in [0.2, 0.25) is 5.91 Å². The summed E-state index contributed by atoms with van der Waals surface area (Å²) in [6.07, 6.45) is 5.14. The zero-order chi connectivity index (χ0) is 12.4. The van der Waals surface area contributed by atoms with Gasteiger partial charge >= 0.3 is 0 Å². The van der Waals surface area contributed by atoms with Crippen LogP contribution in [0.25, 0.3) is 10.9 Å². The van der Waals surface area contributed by atoms with Crippen LogP contribution in [-0.2, 0) is 11.3 Å². The number of nitrogens with zero attached hydrogens (tertiary/aromatic N) is 2. The minimum Gasteiger partial charge on any atom is -0.338 e. The number of H-pyrrole nitrogens is 1. The summed E-state index contributed by atoms with van der Waals surface area (Å²) >= 11 is 0. The number of nitrogens with one attached hydrogen (secondary N) is 2. The molecule has 0 bridgehead atoms. The molecular formula is C13H12N4O. The topological polar surface area (TPSA) is 62.7 Å². The maximum Gasteiger partial charge on any atom is 0.244 e. The van der Waals surface area contributed by atoms with Crippen molar-refractivity contribution in [1.29, 1.82) is 0 Å². The van der Waals surface area contributed by atoms with E-state index in [4.69, 9.17) is 0 Å². The number of benzene rings is 1. The van der Waals surface area contributed by atoms with E-state index in [1.165, 1.54) is 0 Å². The number of aromatic nitrogens is 3. The van der Waals surface area contributed by atoms with Crippen molar-refractivity contribution in [3.05, 3.63) is 48.9 Å². The second-order valence-corrected chi connectivity index (χ2v) is 4.04. The molecule has 0 aliphatic carbocycles. The lowest BCUT2D eigenvalue weighted by Crippen LogP contribution is -2.17. The van der Waals surface area contributed by atoms with Crippen LogP contribution in [0.5, 0.6) is 0 Å². The van der Waals surface area contributed by atoms with Crippen molar-refractivity contribution in [3.8, 4) is 0 Å². The summed E-state index contributed by atoms with van der Waals surface area (Å²) in [7, 11) is 0. The Kier molecular flexibility index (Phi) is 2.57. The Hall–Kier alpha value is -2.56. The highest BCUT2D eigenvalue weighted by atomic mass is 16.1. The molecule has 2 heterocycles. The molecule has 0 unspecified atom stereocenters. The maximum atomic E-state index is 11.8.